The van der Waals surface area contributed by atoms with Crippen LogP contribution in [-0.2, 0) is 0 Å². The van der Waals surface area contributed by atoms with Crippen LogP contribution in [0.5, 0.6) is 5.75 Å². The first-order valence-corrected chi connectivity index (χ1v) is 7.49. The minimum Gasteiger partial charge on any atom is -0.490 e. The van der Waals surface area contributed by atoms with Gasteiger partial charge in [0.15, 0.2) is 0 Å². The molecule has 1 aliphatic rings. The number of ether oxygens (including phenoxy) is 1. The molecule has 1 aromatic rings. The third-order valence-corrected chi connectivity index (χ3v) is 3.59. The van der Waals surface area contributed by atoms with E-state index >= 15 is 0 Å². The van der Waals surface area contributed by atoms with Gasteiger partial charge in [0.1, 0.15) is 5.75 Å². The van der Waals surface area contributed by atoms with E-state index in [1.54, 1.807) is 0 Å². The second kappa shape index (κ2) is 7.90. The van der Waals surface area contributed by atoms with Crippen LogP contribution in [-0.4, -0.2) is 32.1 Å². The summed E-state index contributed by atoms with van der Waals surface area (Å²) in [6.07, 6.45) is 6.00. The molecule has 1 amide bonds. The van der Waals surface area contributed by atoms with Crippen LogP contribution >= 0.6 is 0 Å². The minimum atomic E-state index is -0.0297. The number of amides is 1. The zero-order chi connectivity index (χ0) is 14.2. The zero-order valence-electron chi connectivity index (χ0n) is 12.2. The van der Waals surface area contributed by atoms with Gasteiger partial charge in [-0.15, -0.1) is 0 Å². The van der Waals surface area contributed by atoms with Crippen molar-refractivity contribution in [1.82, 2.24) is 10.6 Å². The van der Waals surface area contributed by atoms with Gasteiger partial charge in [0.05, 0.1) is 6.10 Å². The summed E-state index contributed by atoms with van der Waals surface area (Å²) in [6.45, 7) is 1.60. The smallest absolute Gasteiger partial charge is 0.251 e. The van der Waals surface area contributed by atoms with E-state index < -0.39 is 0 Å². The van der Waals surface area contributed by atoms with Gasteiger partial charge in [-0.3, -0.25) is 4.79 Å². The van der Waals surface area contributed by atoms with Crippen LogP contribution in [0.1, 0.15) is 42.5 Å². The molecule has 0 bridgehead atoms. The number of nitrogens with one attached hydrogen (secondary N) is 2. The molecule has 2 rings (SSSR count). The summed E-state index contributed by atoms with van der Waals surface area (Å²) in [5.74, 6) is 0.776. The highest BCUT2D eigenvalue weighted by molar-refractivity contribution is 5.94. The maximum atomic E-state index is 12.0. The molecule has 0 aromatic heterocycles. The van der Waals surface area contributed by atoms with Crippen LogP contribution in [0.25, 0.3) is 0 Å². The third kappa shape index (κ3) is 4.53. The van der Waals surface area contributed by atoms with E-state index in [1.165, 1.54) is 12.8 Å². The lowest BCUT2D eigenvalue weighted by atomic mass is 10.2. The summed E-state index contributed by atoms with van der Waals surface area (Å²) in [6, 6.07) is 7.48. The molecule has 110 valence electrons. The summed E-state index contributed by atoms with van der Waals surface area (Å²) < 4.78 is 5.92. The van der Waals surface area contributed by atoms with Gasteiger partial charge in [0.2, 0.25) is 0 Å². The molecular weight excluding hydrogens is 252 g/mol. The average molecular weight is 276 g/mol. The number of hydrogen-bond donors (Lipinski definition) is 2. The molecule has 1 fully saturated rings. The number of carbonyl (C=O) groups is 1. The summed E-state index contributed by atoms with van der Waals surface area (Å²) in [5.41, 5.74) is 0.671. The Morgan fingerprint density at radius 3 is 2.85 bits per heavy atom. The monoisotopic (exact) mass is 276 g/mol. The Bertz CT molecular complexity index is 428. The van der Waals surface area contributed by atoms with Gasteiger partial charge in [0, 0.05) is 12.1 Å². The van der Waals surface area contributed by atoms with Gasteiger partial charge in [-0.1, -0.05) is 6.07 Å². The Kier molecular flexibility index (Phi) is 5.87. The molecule has 0 radical (unpaired) electrons. The van der Waals surface area contributed by atoms with Crippen molar-refractivity contribution in [3.8, 4) is 5.75 Å². The van der Waals surface area contributed by atoms with Crippen molar-refractivity contribution in [3.63, 3.8) is 0 Å². The molecule has 20 heavy (non-hydrogen) atoms. The van der Waals surface area contributed by atoms with E-state index in [1.807, 2.05) is 31.3 Å². The summed E-state index contributed by atoms with van der Waals surface area (Å²) in [4.78, 5) is 12.0. The molecule has 0 saturated heterocycles. The Morgan fingerprint density at radius 2 is 2.10 bits per heavy atom. The van der Waals surface area contributed by atoms with Crippen LogP contribution in [0.4, 0.5) is 0 Å². The lowest BCUT2D eigenvalue weighted by molar-refractivity contribution is 0.0952. The highest BCUT2D eigenvalue weighted by Crippen LogP contribution is 2.24. The van der Waals surface area contributed by atoms with Crippen LogP contribution in [0, 0.1) is 0 Å². The number of hydrogen-bond acceptors (Lipinski definition) is 3. The first kappa shape index (κ1) is 14.9. The van der Waals surface area contributed by atoms with Gasteiger partial charge in [-0.2, -0.15) is 0 Å². The molecule has 0 unspecified atom stereocenters. The summed E-state index contributed by atoms with van der Waals surface area (Å²) in [5, 5.41) is 5.98. The van der Waals surface area contributed by atoms with Crippen molar-refractivity contribution < 1.29 is 9.53 Å². The Morgan fingerprint density at radius 1 is 1.30 bits per heavy atom. The lowest BCUT2D eigenvalue weighted by Gasteiger charge is -2.13. The number of carbonyl (C=O) groups excluding carboxylic acids is 1. The maximum Gasteiger partial charge on any atom is 0.251 e. The molecular formula is C16H24N2O2. The molecule has 1 saturated carbocycles. The van der Waals surface area contributed by atoms with Gasteiger partial charge in [0.25, 0.3) is 5.91 Å². The van der Waals surface area contributed by atoms with E-state index in [2.05, 4.69) is 10.6 Å². The van der Waals surface area contributed by atoms with E-state index in [-0.39, 0.29) is 5.91 Å². The lowest BCUT2D eigenvalue weighted by Crippen LogP contribution is -2.26. The number of rotatable bonds is 7. The quantitative estimate of drug-likeness (QED) is 0.752. The number of benzene rings is 1. The second-order valence-corrected chi connectivity index (χ2v) is 5.27. The van der Waals surface area contributed by atoms with E-state index in [0.29, 0.717) is 18.2 Å². The highest BCUT2D eigenvalue weighted by Gasteiger charge is 2.16. The van der Waals surface area contributed by atoms with Crippen molar-refractivity contribution in [3.05, 3.63) is 29.8 Å². The Hall–Kier alpha value is -1.55. The third-order valence-electron chi connectivity index (χ3n) is 3.59. The molecule has 0 heterocycles. The van der Waals surface area contributed by atoms with Crippen LogP contribution < -0.4 is 15.4 Å². The van der Waals surface area contributed by atoms with Gasteiger partial charge in [-0.25, -0.2) is 0 Å². The minimum absolute atomic E-state index is 0.0297. The predicted molar refractivity (Wildman–Crippen MR) is 80.2 cm³/mol. The highest BCUT2D eigenvalue weighted by atomic mass is 16.5. The normalized spacial score (nSPS) is 15.2. The fraction of sp³-hybridized carbons (Fsp3) is 0.562. The predicted octanol–water partition coefficient (Wildman–Crippen LogP) is 2.35. The van der Waals surface area contributed by atoms with Crippen molar-refractivity contribution in [2.45, 2.75) is 38.2 Å². The van der Waals surface area contributed by atoms with Crippen LogP contribution in [0.3, 0.4) is 0 Å². The van der Waals surface area contributed by atoms with Crippen LogP contribution in [0.15, 0.2) is 24.3 Å². The summed E-state index contributed by atoms with van der Waals surface area (Å²) in [7, 11) is 1.91. The molecule has 0 spiro atoms. The van der Waals surface area contributed by atoms with Crippen molar-refractivity contribution in [2.24, 2.45) is 0 Å². The molecule has 1 aliphatic carbocycles. The Labute approximate surface area is 120 Å². The molecule has 2 N–H and O–H groups in total. The maximum absolute atomic E-state index is 12.0. The molecule has 1 aromatic carbocycles. The summed E-state index contributed by atoms with van der Waals surface area (Å²) >= 11 is 0. The molecule has 4 heteroatoms. The first-order valence-electron chi connectivity index (χ1n) is 7.49. The zero-order valence-corrected chi connectivity index (χ0v) is 12.2. The van der Waals surface area contributed by atoms with E-state index in [4.69, 9.17) is 4.74 Å². The fourth-order valence-corrected chi connectivity index (χ4v) is 2.48. The first-order chi connectivity index (χ1) is 9.79. The van der Waals surface area contributed by atoms with Gasteiger partial charge >= 0.3 is 0 Å². The van der Waals surface area contributed by atoms with Crippen LogP contribution in [0.2, 0.25) is 0 Å². The van der Waals surface area contributed by atoms with Crippen molar-refractivity contribution in [1.29, 1.82) is 0 Å². The SMILES string of the molecule is CNCCCNC(=O)c1cccc(OC2CCCC2)c1. The fourth-order valence-electron chi connectivity index (χ4n) is 2.48. The van der Waals surface area contributed by atoms with Gasteiger partial charge in [-0.05, 0) is 63.9 Å². The molecule has 0 aliphatic heterocycles. The molecule has 0 atom stereocenters. The Balaban J connectivity index is 1.86. The largest absolute Gasteiger partial charge is 0.490 e. The van der Waals surface area contributed by atoms with Crippen molar-refractivity contribution in [2.75, 3.05) is 20.1 Å². The average Bonchev–Trinajstić information content (AvgIpc) is 2.96. The van der Waals surface area contributed by atoms with E-state index in [0.717, 1.165) is 31.6 Å². The topological polar surface area (TPSA) is 50.4 Å². The standard InChI is InChI=1S/C16H24N2O2/c1-17-10-5-11-18-16(19)13-6-4-9-15(12-13)20-14-7-2-3-8-14/h4,6,9,12,14,17H,2-3,5,7-8,10-11H2,1H3,(H,18,19). The molecule has 4 nitrogen and oxygen atoms in total. The van der Waals surface area contributed by atoms with Crippen molar-refractivity contribution >= 4 is 5.91 Å². The van der Waals surface area contributed by atoms with Gasteiger partial charge < -0.3 is 15.4 Å². The second-order valence-electron chi connectivity index (χ2n) is 5.27. The van der Waals surface area contributed by atoms with E-state index in [9.17, 15) is 4.79 Å².